The molecule has 1 aliphatic rings. The molecule has 0 aliphatic carbocycles. The normalized spacial score (nSPS) is 17.8. The number of carbonyl (C=O) groups excluding carboxylic acids is 1. The van der Waals surface area contributed by atoms with Crippen LogP contribution in [0.15, 0.2) is 41.2 Å². The number of carbonyl (C=O) groups is 1. The van der Waals surface area contributed by atoms with E-state index in [-0.39, 0.29) is 17.2 Å². The minimum Gasteiger partial charge on any atom is -0.347 e. The number of piperidine rings is 1. The maximum absolute atomic E-state index is 12.2. The first-order chi connectivity index (χ1) is 12.5. The van der Waals surface area contributed by atoms with Crippen LogP contribution in [0.3, 0.4) is 0 Å². The summed E-state index contributed by atoms with van der Waals surface area (Å²) < 4.78 is 1.16. The molecule has 0 bridgehead atoms. The molecule has 2 heterocycles. The van der Waals surface area contributed by atoms with Crippen molar-refractivity contribution in [2.24, 2.45) is 7.05 Å². The Morgan fingerprint density at radius 2 is 1.88 bits per heavy atom. The van der Waals surface area contributed by atoms with Crippen LogP contribution in [0.5, 0.6) is 0 Å². The van der Waals surface area contributed by atoms with Gasteiger partial charge in [0.15, 0.2) is 0 Å². The molecule has 0 saturated carbocycles. The predicted molar refractivity (Wildman–Crippen MR) is 101 cm³/mol. The number of nitrogens with one attached hydrogen (secondary N) is 1. The highest BCUT2D eigenvalue weighted by molar-refractivity contribution is 5.91. The Hall–Kier alpha value is -2.47. The Bertz CT molecular complexity index is 813. The van der Waals surface area contributed by atoms with Gasteiger partial charge in [-0.1, -0.05) is 30.7 Å². The van der Waals surface area contributed by atoms with E-state index >= 15 is 0 Å². The number of aryl methyl sites for hydroxylation is 1. The van der Waals surface area contributed by atoms with Crippen molar-refractivity contribution in [1.82, 2.24) is 20.0 Å². The van der Waals surface area contributed by atoms with E-state index in [1.807, 2.05) is 0 Å². The quantitative estimate of drug-likeness (QED) is 0.893. The fraction of sp³-hybridized carbons (Fsp3) is 0.450. The smallest absolute Gasteiger partial charge is 0.271 e. The van der Waals surface area contributed by atoms with Crippen molar-refractivity contribution in [3.8, 4) is 0 Å². The third-order valence-electron chi connectivity index (χ3n) is 5.00. The fourth-order valence-electron chi connectivity index (χ4n) is 3.29. The van der Waals surface area contributed by atoms with Gasteiger partial charge < -0.3 is 5.32 Å². The van der Waals surface area contributed by atoms with Crippen molar-refractivity contribution in [3.05, 3.63) is 63.6 Å². The zero-order valence-electron chi connectivity index (χ0n) is 15.4. The van der Waals surface area contributed by atoms with Crippen LogP contribution < -0.4 is 10.9 Å². The molecule has 1 amide bonds. The summed E-state index contributed by atoms with van der Waals surface area (Å²) in [5, 5.41) is 6.80. The van der Waals surface area contributed by atoms with Gasteiger partial charge in [-0.2, -0.15) is 5.10 Å². The molecular formula is C20H26N4O2. The molecule has 0 spiro atoms. The largest absolute Gasteiger partial charge is 0.347 e. The molecule has 0 radical (unpaired) electrons. The van der Waals surface area contributed by atoms with E-state index in [0.717, 1.165) is 16.8 Å². The highest BCUT2D eigenvalue weighted by atomic mass is 16.2. The van der Waals surface area contributed by atoms with Crippen molar-refractivity contribution < 1.29 is 4.79 Å². The van der Waals surface area contributed by atoms with Gasteiger partial charge in [0.1, 0.15) is 5.69 Å². The van der Waals surface area contributed by atoms with E-state index in [9.17, 15) is 9.59 Å². The van der Waals surface area contributed by atoms with Crippen LogP contribution in [0.4, 0.5) is 0 Å². The van der Waals surface area contributed by atoms with Crippen LogP contribution in [0.1, 0.15) is 47.8 Å². The summed E-state index contributed by atoms with van der Waals surface area (Å²) in [4.78, 5) is 26.0. The molecule has 1 atom stereocenters. The molecule has 6 nitrogen and oxygen atoms in total. The summed E-state index contributed by atoms with van der Waals surface area (Å²) in [6.07, 6.45) is 3.90. The lowest BCUT2D eigenvalue weighted by molar-refractivity contribution is 0.0943. The van der Waals surface area contributed by atoms with Crippen molar-refractivity contribution in [3.63, 3.8) is 0 Å². The number of aromatic nitrogens is 2. The molecule has 138 valence electrons. The first-order valence-corrected chi connectivity index (χ1v) is 9.17. The molecular weight excluding hydrogens is 328 g/mol. The summed E-state index contributed by atoms with van der Waals surface area (Å²) in [6, 6.07) is 11.8. The minimum atomic E-state index is -0.285. The van der Waals surface area contributed by atoms with Crippen molar-refractivity contribution in [1.29, 1.82) is 0 Å². The monoisotopic (exact) mass is 354 g/mol. The number of nitrogens with zero attached hydrogens (tertiary/aromatic N) is 3. The molecule has 6 heteroatoms. The summed E-state index contributed by atoms with van der Waals surface area (Å²) in [5.74, 6) is -0.285. The third kappa shape index (κ3) is 4.58. The van der Waals surface area contributed by atoms with E-state index < -0.39 is 0 Å². The number of benzene rings is 1. The number of hydrogen-bond acceptors (Lipinski definition) is 4. The first kappa shape index (κ1) is 18.3. The van der Waals surface area contributed by atoms with Gasteiger partial charge in [-0.05, 0) is 43.5 Å². The highest BCUT2D eigenvalue weighted by Crippen LogP contribution is 2.19. The standard InChI is InChI=1S/C20H26N4O2/c1-15-5-3-4-12-24(15)14-17-8-6-16(7-9-17)13-21-20(26)18-10-11-19(25)23(2)22-18/h6-11,15H,3-5,12-14H2,1-2H3,(H,21,26). The Balaban J connectivity index is 1.54. The van der Waals surface area contributed by atoms with Crippen LogP contribution in [-0.4, -0.2) is 33.2 Å². The van der Waals surface area contributed by atoms with Crippen LogP contribution in [0.25, 0.3) is 0 Å². The van der Waals surface area contributed by atoms with Gasteiger partial charge in [0.25, 0.3) is 11.5 Å². The van der Waals surface area contributed by atoms with Gasteiger partial charge >= 0.3 is 0 Å². The zero-order valence-corrected chi connectivity index (χ0v) is 15.4. The lowest BCUT2D eigenvalue weighted by Crippen LogP contribution is -2.36. The number of rotatable bonds is 5. The summed E-state index contributed by atoms with van der Waals surface area (Å²) >= 11 is 0. The van der Waals surface area contributed by atoms with Gasteiger partial charge in [0.05, 0.1) is 0 Å². The van der Waals surface area contributed by atoms with Gasteiger partial charge in [-0.25, -0.2) is 4.68 Å². The molecule has 1 aromatic carbocycles. The second-order valence-corrected chi connectivity index (χ2v) is 6.99. The molecule has 1 saturated heterocycles. The molecule has 2 aromatic rings. The Morgan fingerprint density at radius 1 is 1.15 bits per heavy atom. The summed E-state index contributed by atoms with van der Waals surface area (Å²) in [6.45, 7) is 4.89. The van der Waals surface area contributed by atoms with Crippen LogP contribution in [-0.2, 0) is 20.1 Å². The first-order valence-electron chi connectivity index (χ1n) is 9.17. The average molecular weight is 354 g/mol. The molecule has 3 rings (SSSR count). The maximum atomic E-state index is 12.2. The summed E-state index contributed by atoms with van der Waals surface area (Å²) in [7, 11) is 1.53. The minimum absolute atomic E-state index is 0.236. The second-order valence-electron chi connectivity index (χ2n) is 6.99. The second kappa shape index (κ2) is 8.27. The number of likely N-dealkylation sites (tertiary alicyclic amines) is 1. The Kier molecular flexibility index (Phi) is 5.83. The van der Waals surface area contributed by atoms with Gasteiger partial charge in [-0.15, -0.1) is 0 Å². The van der Waals surface area contributed by atoms with Crippen LogP contribution in [0.2, 0.25) is 0 Å². The van der Waals surface area contributed by atoms with Gasteiger partial charge in [0.2, 0.25) is 0 Å². The molecule has 1 unspecified atom stereocenters. The molecule has 1 N–H and O–H groups in total. The lowest BCUT2D eigenvalue weighted by Gasteiger charge is -2.33. The van der Waals surface area contributed by atoms with Gasteiger partial charge in [-0.3, -0.25) is 14.5 Å². The maximum Gasteiger partial charge on any atom is 0.271 e. The highest BCUT2D eigenvalue weighted by Gasteiger charge is 2.18. The number of hydrogen-bond donors (Lipinski definition) is 1. The van der Waals surface area contributed by atoms with Crippen molar-refractivity contribution in [2.75, 3.05) is 6.54 Å². The summed E-state index contributed by atoms with van der Waals surface area (Å²) in [5.41, 5.74) is 2.34. The van der Waals surface area contributed by atoms with Crippen LogP contribution in [0, 0.1) is 0 Å². The van der Waals surface area contributed by atoms with Crippen LogP contribution >= 0.6 is 0 Å². The van der Waals surface area contributed by atoms with Crippen molar-refractivity contribution in [2.45, 2.75) is 45.3 Å². The van der Waals surface area contributed by atoms with Gasteiger partial charge in [0, 0.05) is 32.2 Å². The van der Waals surface area contributed by atoms with E-state index in [1.165, 1.54) is 50.6 Å². The van der Waals surface area contributed by atoms with E-state index in [2.05, 4.69) is 46.5 Å². The Labute approximate surface area is 153 Å². The molecule has 1 fully saturated rings. The predicted octanol–water partition coefficient (Wildman–Crippen LogP) is 2.08. The van der Waals surface area contributed by atoms with Crippen molar-refractivity contribution >= 4 is 5.91 Å². The molecule has 1 aromatic heterocycles. The van der Waals surface area contributed by atoms with E-state index in [0.29, 0.717) is 12.6 Å². The SMILES string of the molecule is CC1CCCCN1Cc1ccc(CNC(=O)c2ccc(=O)n(C)n2)cc1. The lowest BCUT2D eigenvalue weighted by atomic mass is 10.0. The third-order valence-corrected chi connectivity index (χ3v) is 5.00. The molecule has 26 heavy (non-hydrogen) atoms. The number of amides is 1. The molecule has 1 aliphatic heterocycles. The fourth-order valence-corrected chi connectivity index (χ4v) is 3.29. The average Bonchev–Trinajstić information content (AvgIpc) is 2.65. The Morgan fingerprint density at radius 3 is 2.58 bits per heavy atom. The van der Waals surface area contributed by atoms with E-state index in [1.54, 1.807) is 0 Å². The van der Waals surface area contributed by atoms with E-state index in [4.69, 9.17) is 0 Å². The topological polar surface area (TPSA) is 67.2 Å². The zero-order chi connectivity index (χ0) is 18.5.